The van der Waals surface area contributed by atoms with Crippen LogP contribution in [0.1, 0.15) is 12.5 Å². The van der Waals surface area contributed by atoms with E-state index in [1.54, 1.807) is 6.07 Å². The van der Waals surface area contributed by atoms with E-state index in [0.717, 1.165) is 0 Å². The van der Waals surface area contributed by atoms with E-state index >= 15 is 0 Å². The maximum absolute atomic E-state index is 8.69. The molecule has 3 N–H and O–H groups in total. The first-order valence-corrected chi connectivity index (χ1v) is 3.95. The zero-order valence-electron chi connectivity index (χ0n) is 7.36. The topological polar surface area (TPSA) is 87.6 Å². The van der Waals surface area contributed by atoms with Crippen LogP contribution in [0.2, 0.25) is 0 Å². The lowest BCUT2D eigenvalue weighted by Gasteiger charge is -2.07. The first-order valence-electron chi connectivity index (χ1n) is 3.95. The van der Waals surface area contributed by atoms with Crippen molar-refractivity contribution in [3.8, 4) is 6.07 Å². The molecule has 0 amide bonds. The third-order valence-electron chi connectivity index (χ3n) is 1.43. The van der Waals surface area contributed by atoms with Gasteiger partial charge in [-0.2, -0.15) is 10.4 Å². The molecule has 0 fully saturated rings. The fraction of sp³-hybridized carbons (Fsp3) is 0.375. The SMILES string of the molecule is CC(N)CNc1nnccc1C#N. The van der Waals surface area contributed by atoms with Crippen molar-refractivity contribution in [2.75, 3.05) is 11.9 Å². The van der Waals surface area contributed by atoms with Gasteiger partial charge in [0, 0.05) is 12.6 Å². The molecular weight excluding hydrogens is 166 g/mol. The highest BCUT2D eigenvalue weighted by atomic mass is 15.2. The van der Waals surface area contributed by atoms with Crippen LogP contribution in [0.25, 0.3) is 0 Å². The first kappa shape index (κ1) is 9.42. The predicted octanol–water partition coefficient (Wildman–Crippen LogP) is 0.107. The zero-order valence-corrected chi connectivity index (χ0v) is 7.36. The van der Waals surface area contributed by atoms with Crippen molar-refractivity contribution in [3.63, 3.8) is 0 Å². The molecule has 0 radical (unpaired) electrons. The van der Waals surface area contributed by atoms with Crippen molar-refractivity contribution >= 4 is 5.82 Å². The Bertz CT molecular complexity index is 315. The summed E-state index contributed by atoms with van der Waals surface area (Å²) < 4.78 is 0. The molecule has 1 aromatic rings. The van der Waals surface area contributed by atoms with E-state index in [-0.39, 0.29) is 6.04 Å². The Kier molecular flexibility index (Phi) is 3.17. The number of aromatic nitrogens is 2. The highest BCUT2D eigenvalue weighted by Gasteiger charge is 2.02. The number of nitrogens with two attached hydrogens (primary N) is 1. The summed E-state index contributed by atoms with van der Waals surface area (Å²) in [6, 6.07) is 3.64. The lowest BCUT2D eigenvalue weighted by molar-refractivity contribution is 0.774. The van der Waals surface area contributed by atoms with Gasteiger partial charge >= 0.3 is 0 Å². The molecule has 0 saturated carbocycles. The van der Waals surface area contributed by atoms with Crippen LogP contribution in [-0.4, -0.2) is 22.8 Å². The average molecular weight is 177 g/mol. The molecule has 0 aromatic carbocycles. The maximum atomic E-state index is 8.69. The molecular formula is C8H11N5. The molecule has 1 rings (SSSR count). The van der Waals surface area contributed by atoms with E-state index in [1.165, 1.54) is 6.20 Å². The van der Waals surface area contributed by atoms with E-state index in [0.29, 0.717) is 17.9 Å². The van der Waals surface area contributed by atoms with Gasteiger partial charge in [0.05, 0.1) is 11.8 Å². The number of hydrogen-bond acceptors (Lipinski definition) is 5. The summed E-state index contributed by atoms with van der Waals surface area (Å²) in [6.07, 6.45) is 1.48. The number of anilines is 1. The monoisotopic (exact) mass is 177 g/mol. The summed E-state index contributed by atoms with van der Waals surface area (Å²) in [5, 5.41) is 19.1. The minimum absolute atomic E-state index is 0.0218. The number of hydrogen-bond donors (Lipinski definition) is 2. The molecule has 1 heterocycles. The summed E-state index contributed by atoms with van der Waals surface area (Å²) in [5.74, 6) is 0.488. The standard InChI is InChI=1S/C8H11N5/c1-6(10)5-11-8-7(4-9)2-3-12-13-8/h2-3,6H,5,10H2,1H3,(H,11,13). The van der Waals surface area contributed by atoms with E-state index in [9.17, 15) is 0 Å². The molecule has 0 saturated heterocycles. The van der Waals surface area contributed by atoms with Gasteiger partial charge in [0.25, 0.3) is 0 Å². The third-order valence-corrected chi connectivity index (χ3v) is 1.43. The van der Waals surface area contributed by atoms with Crippen molar-refractivity contribution in [3.05, 3.63) is 17.8 Å². The Morgan fingerprint density at radius 2 is 2.54 bits per heavy atom. The Hall–Kier alpha value is -1.67. The quantitative estimate of drug-likeness (QED) is 0.684. The van der Waals surface area contributed by atoms with Crippen LogP contribution >= 0.6 is 0 Å². The van der Waals surface area contributed by atoms with Crippen molar-refractivity contribution in [2.45, 2.75) is 13.0 Å². The summed E-state index contributed by atoms with van der Waals surface area (Å²) >= 11 is 0. The van der Waals surface area contributed by atoms with Crippen LogP contribution in [-0.2, 0) is 0 Å². The van der Waals surface area contributed by atoms with Gasteiger partial charge in [-0.25, -0.2) is 0 Å². The Balaban J connectivity index is 2.71. The van der Waals surface area contributed by atoms with E-state index in [1.807, 2.05) is 13.0 Å². The molecule has 5 heteroatoms. The first-order chi connectivity index (χ1) is 6.24. The van der Waals surface area contributed by atoms with Gasteiger partial charge in [0.2, 0.25) is 0 Å². The van der Waals surface area contributed by atoms with Gasteiger partial charge in [0.15, 0.2) is 5.82 Å². The van der Waals surface area contributed by atoms with Crippen molar-refractivity contribution in [2.24, 2.45) is 5.73 Å². The summed E-state index contributed by atoms with van der Waals surface area (Å²) in [6.45, 7) is 2.45. The highest BCUT2D eigenvalue weighted by Crippen LogP contribution is 2.07. The summed E-state index contributed by atoms with van der Waals surface area (Å²) in [5.41, 5.74) is 6.02. The molecule has 0 aliphatic heterocycles. The second kappa shape index (κ2) is 4.38. The Morgan fingerprint density at radius 3 is 3.15 bits per heavy atom. The minimum Gasteiger partial charge on any atom is -0.366 e. The molecule has 1 atom stereocenters. The zero-order chi connectivity index (χ0) is 9.68. The number of nitrogens with one attached hydrogen (secondary N) is 1. The van der Waals surface area contributed by atoms with E-state index in [2.05, 4.69) is 15.5 Å². The summed E-state index contributed by atoms with van der Waals surface area (Å²) in [7, 11) is 0. The second-order valence-electron chi connectivity index (χ2n) is 2.76. The van der Waals surface area contributed by atoms with Crippen LogP contribution in [0.5, 0.6) is 0 Å². The molecule has 0 bridgehead atoms. The molecule has 1 aromatic heterocycles. The predicted molar refractivity (Wildman–Crippen MR) is 48.9 cm³/mol. The van der Waals surface area contributed by atoms with Gasteiger partial charge in [0.1, 0.15) is 6.07 Å². The second-order valence-corrected chi connectivity index (χ2v) is 2.76. The van der Waals surface area contributed by atoms with Gasteiger partial charge in [-0.15, -0.1) is 5.10 Å². The highest BCUT2D eigenvalue weighted by molar-refractivity contribution is 5.50. The normalized spacial score (nSPS) is 11.8. The average Bonchev–Trinajstić information content (AvgIpc) is 2.15. The van der Waals surface area contributed by atoms with E-state index < -0.39 is 0 Å². The number of nitrogens with zero attached hydrogens (tertiary/aromatic N) is 3. The van der Waals surface area contributed by atoms with Gasteiger partial charge < -0.3 is 11.1 Å². The Labute approximate surface area is 76.6 Å². The third kappa shape index (κ3) is 2.69. The largest absolute Gasteiger partial charge is 0.366 e. The molecule has 13 heavy (non-hydrogen) atoms. The van der Waals surface area contributed by atoms with Crippen LogP contribution in [0.3, 0.4) is 0 Å². The lowest BCUT2D eigenvalue weighted by atomic mass is 10.3. The molecule has 5 nitrogen and oxygen atoms in total. The molecule has 0 spiro atoms. The van der Waals surface area contributed by atoms with Crippen LogP contribution in [0, 0.1) is 11.3 Å². The molecule has 0 aliphatic carbocycles. The van der Waals surface area contributed by atoms with Crippen molar-refractivity contribution in [1.29, 1.82) is 5.26 Å². The fourth-order valence-corrected chi connectivity index (χ4v) is 0.810. The van der Waals surface area contributed by atoms with Gasteiger partial charge in [-0.05, 0) is 13.0 Å². The summed E-state index contributed by atoms with van der Waals surface area (Å²) in [4.78, 5) is 0. The van der Waals surface area contributed by atoms with Crippen LogP contribution in [0.4, 0.5) is 5.82 Å². The number of rotatable bonds is 3. The smallest absolute Gasteiger partial charge is 0.166 e. The van der Waals surface area contributed by atoms with Crippen molar-refractivity contribution in [1.82, 2.24) is 10.2 Å². The van der Waals surface area contributed by atoms with Crippen molar-refractivity contribution < 1.29 is 0 Å². The molecule has 0 aliphatic rings. The minimum atomic E-state index is 0.0218. The molecule has 1 unspecified atom stereocenters. The Morgan fingerprint density at radius 1 is 1.77 bits per heavy atom. The maximum Gasteiger partial charge on any atom is 0.166 e. The fourth-order valence-electron chi connectivity index (χ4n) is 0.810. The van der Waals surface area contributed by atoms with Gasteiger partial charge in [-0.1, -0.05) is 0 Å². The van der Waals surface area contributed by atoms with Crippen LogP contribution in [0.15, 0.2) is 12.3 Å². The molecule has 68 valence electrons. The van der Waals surface area contributed by atoms with Gasteiger partial charge in [-0.3, -0.25) is 0 Å². The lowest BCUT2D eigenvalue weighted by Crippen LogP contribution is -2.25. The van der Waals surface area contributed by atoms with Crippen LogP contribution < -0.4 is 11.1 Å². The number of nitriles is 1. The van der Waals surface area contributed by atoms with E-state index in [4.69, 9.17) is 11.0 Å².